The first-order valence-electron chi connectivity index (χ1n) is 13.4. The number of aromatic nitrogens is 8. The maximum absolute atomic E-state index is 13.2. The van der Waals surface area contributed by atoms with E-state index in [9.17, 15) is 4.39 Å². The lowest BCUT2D eigenvalue weighted by Crippen LogP contribution is -2.68. The second-order valence-corrected chi connectivity index (χ2v) is 10.7. The second-order valence-electron chi connectivity index (χ2n) is 10.7. The molecule has 8 rings (SSSR count). The van der Waals surface area contributed by atoms with Crippen molar-refractivity contribution in [3.05, 3.63) is 95.7 Å². The van der Waals surface area contributed by atoms with Crippen molar-refractivity contribution in [1.82, 2.24) is 44.6 Å². The SMILES string of the molecule is Cc1cc(Cc2cc(C)[nH]n2)nc(-c2ccc(N3CC4CC(C3)N4Cc3ccc(-n4cnc(F)c4)cn3)nc2)n1. The predicted octanol–water partition coefficient (Wildman–Crippen LogP) is 3.65. The van der Waals surface area contributed by atoms with Gasteiger partial charge in [-0.05, 0) is 56.7 Å². The number of fused-ring (bicyclic) bond motifs is 2. The maximum Gasteiger partial charge on any atom is 0.231 e. The number of nitrogens with zero attached hydrogens (tertiary/aromatic N) is 9. The molecule has 2 unspecified atom stereocenters. The number of piperazine rings is 1. The third kappa shape index (κ3) is 4.84. The van der Waals surface area contributed by atoms with E-state index < -0.39 is 5.95 Å². The molecular formula is C29H29FN10. The van der Waals surface area contributed by atoms with Crippen molar-refractivity contribution in [2.75, 3.05) is 18.0 Å². The minimum Gasteiger partial charge on any atom is -0.353 e. The lowest BCUT2D eigenvalue weighted by Gasteiger charge is -2.56. The zero-order chi connectivity index (χ0) is 27.2. The van der Waals surface area contributed by atoms with Crippen molar-refractivity contribution in [2.24, 2.45) is 0 Å². The molecule has 5 aromatic heterocycles. The third-order valence-electron chi connectivity index (χ3n) is 7.71. The molecule has 3 aliphatic heterocycles. The number of imidazole rings is 1. The molecule has 0 saturated carbocycles. The lowest BCUT2D eigenvalue weighted by atomic mass is 9.87. The van der Waals surface area contributed by atoms with Crippen LogP contribution in [0.5, 0.6) is 0 Å². The van der Waals surface area contributed by atoms with Crippen molar-refractivity contribution in [2.45, 2.75) is 45.3 Å². The minimum atomic E-state index is -0.500. The monoisotopic (exact) mass is 536 g/mol. The molecule has 202 valence electrons. The van der Waals surface area contributed by atoms with Crippen molar-refractivity contribution < 1.29 is 4.39 Å². The first-order chi connectivity index (χ1) is 19.5. The predicted molar refractivity (Wildman–Crippen MR) is 147 cm³/mol. The van der Waals surface area contributed by atoms with E-state index in [0.717, 1.165) is 65.2 Å². The van der Waals surface area contributed by atoms with Crippen LogP contribution in [0.25, 0.3) is 17.1 Å². The van der Waals surface area contributed by atoms with Crippen LogP contribution < -0.4 is 4.90 Å². The number of hydrogen-bond acceptors (Lipinski definition) is 8. The van der Waals surface area contributed by atoms with Crippen molar-refractivity contribution in [1.29, 1.82) is 0 Å². The van der Waals surface area contributed by atoms with Crippen LogP contribution >= 0.6 is 0 Å². The van der Waals surface area contributed by atoms with Crippen molar-refractivity contribution in [3.63, 3.8) is 0 Å². The summed E-state index contributed by atoms with van der Waals surface area (Å²) >= 11 is 0. The highest BCUT2D eigenvalue weighted by molar-refractivity contribution is 5.57. The molecule has 40 heavy (non-hydrogen) atoms. The molecule has 1 N–H and O–H groups in total. The van der Waals surface area contributed by atoms with Crippen LogP contribution in [0.4, 0.5) is 10.2 Å². The fourth-order valence-electron chi connectivity index (χ4n) is 5.73. The smallest absolute Gasteiger partial charge is 0.231 e. The van der Waals surface area contributed by atoms with Gasteiger partial charge in [-0.2, -0.15) is 9.49 Å². The number of anilines is 1. The average molecular weight is 537 g/mol. The molecule has 2 bridgehead atoms. The minimum absolute atomic E-state index is 0.470. The van der Waals surface area contributed by atoms with Crippen molar-refractivity contribution in [3.8, 4) is 17.1 Å². The Labute approximate surface area is 231 Å². The number of halogens is 1. The zero-order valence-electron chi connectivity index (χ0n) is 22.4. The highest BCUT2D eigenvalue weighted by atomic mass is 19.1. The van der Waals surface area contributed by atoms with Gasteiger partial charge in [-0.3, -0.25) is 15.0 Å². The third-order valence-corrected chi connectivity index (χ3v) is 7.71. The first-order valence-corrected chi connectivity index (χ1v) is 13.4. The molecule has 3 saturated heterocycles. The molecule has 2 atom stereocenters. The average Bonchev–Trinajstić information content (AvgIpc) is 3.59. The Balaban J connectivity index is 0.991. The van der Waals surface area contributed by atoms with Gasteiger partial charge < -0.3 is 9.47 Å². The molecule has 8 heterocycles. The Morgan fingerprint density at radius 2 is 1.80 bits per heavy atom. The lowest BCUT2D eigenvalue weighted by molar-refractivity contribution is -0.00967. The fraction of sp³-hybridized carbons (Fsp3) is 0.310. The summed E-state index contributed by atoms with van der Waals surface area (Å²) in [5.74, 6) is 1.17. The summed E-state index contributed by atoms with van der Waals surface area (Å²) in [5, 5.41) is 7.32. The molecule has 0 radical (unpaired) electrons. The topological polar surface area (TPSA) is 105 Å². The molecule has 3 aliphatic rings. The van der Waals surface area contributed by atoms with Gasteiger partial charge >= 0.3 is 0 Å². The molecule has 11 heteroatoms. The van der Waals surface area contributed by atoms with Gasteiger partial charge in [0.1, 0.15) is 12.1 Å². The molecule has 0 aromatic carbocycles. The molecular weight excluding hydrogens is 507 g/mol. The van der Waals surface area contributed by atoms with E-state index in [1.165, 1.54) is 18.9 Å². The van der Waals surface area contributed by atoms with Crippen LogP contribution in [-0.4, -0.2) is 69.8 Å². The molecule has 0 spiro atoms. The number of hydrogen-bond donors (Lipinski definition) is 1. The van der Waals surface area contributed by atoms with Crippen LogP contribution in [-0.2, 0) is 13.0 Å². The van der Waals surface area contributed by atoms with E-state index >= 15 is 0 Å². The largest absolute Gasteiger partial charge is 0.353 e. The second kappa shape index (κ2) is 9.91. The highest BCUT2D eigenvalue weighted by Crippen LogP contribution is 2.35. The summed E-state index contributed by atoms with van der Waals surface area (Å²) < 4.78 is 14.9. The fourth-order valence-corrected chi connectivity index (χ4v) is 5.73. The van der Waals surface area contributed by atoms with Gasteiger partial charge in [0, 0.05) is 61.3 Å². The molecule has 0 aliphatic carbocycles. The summed E-state index contributed by atoms with van der Waals surface area (Å²) in [6.07, 6.45) is 8.29. The van der Waals surface area contributed by atoms with Gasteiger partial charge in [-0.15, -0.1) is 0 Å². The van der Waals surface area contributed by atoms with Crippen molar-refractivity contribution >= 4 is 5.82 Å². The van der Waals surface area contributed by atoms with E-state index in [1.807, 2.05) is 44.3 Å². The molecule has 5 aromatic rings. The van der Waals surface area contributed by atoms with Gasteiger partial charge in [-0.25, -0.2) is 19.9 Å². The molecule has 10 nitrogen and oxygen atoms in total. The van der Waals surface area contributed by atoms with E-state index in [4.69, 9.17) is 9.97 Å². The number of H-pyrrole nitrogens is 1. The van der Waals surface area contributed by atoms with Crippen LogP contribution in [0.1, 0.15) is 34.9 Å². The van der Waals surface area contributed by atoms with Gasteiger partial charge in [0.15, 0.2) is 5.82 Å². The quantitative estimate of drug-likeness (QED) is 0.336. The first kappa shape index (κ1) is 24.5. The number of aryl methyl sites for hydroxylation is 2. The van der Waals surface area contributed by atoms with Gasteiger partial charge in [0.25, 0.3) is 0 Å². The highest BCUT2D eigenvalue weighted by Gasteiger charge is 2.44. The number of piperidine rings is 1. The summed E-state index contributed by atoms with van der Waals surface area (Å²) in [5.41, 5.74) is 6.58. The summed E-state index contributed by atoms with van der Waals surface area (Å²) in [6.45, 7) is 6.66. The summed E-state index contributed by atoms with van der Waals surface area (Å²) in [4.78, 5) is 27.4. The number of rotatable bonds is 7. The van der Waals surface area contributed by atoms with Crippen LogP contribution in [0, 0.1) is 19.8 Å². The number of pyridine rings is 2. The number of aromatic amines is 1. The normalized spacial score (nSPS) is 18.6. The maximum atomic E-state index is 13.2. The van der Waals surface area contributed by atoms with Crippen LogP contribution in [0.3, 0.4) is 0 Å². The van der Waals surface area contributed by atoms with Gasteiger partial charge in [-0.1, -0.05) is 0 Å². The number of nitrogens with one attached hydrogen (secondary N) is 1. The Morgan fingerprint density at radius 3 is 2.48 bits per heavy atom. The van der Waals surface area contributed by atoms with E-state index in [0.29, 0.717) is 24.3 Å². The van der Waals surface area contributed by atoms with Crippen LogP contribution in [0.15, 0.2) is 61.3 Å². The Hall–Kier alpha value is -4.51. The Bertz CT molecular complexity index is 1630. The Kier molecular flexibility index (Phi) is 6.07. The summed E-state index contributed by atoms with van der Waals surface area (Å²) in [7, 11) is 0. The van der Waals surface area contributed by atoms with E-state index in [-0.39, 0.29) is 0 Å². The van der Waals surface area contributed by atoms with Gasteiger partial charge in [0.05, 0.1) is 35.2 Å². The molecule has 0 amide bonds. The Morgan fingerprint density at radius 1 is 0.925 bits per heavy atom. The van der Waals surface area contributed by atoms with Crippen LogP contribution in [0.2, 0.25) is 0 Å². The zero-order valence-corrected chi connectivity index (χ0v) is 22.4. The van der Waals surface area contributed by atoms with E-state index in [2.05, 4.69) is 47.1 Å². The summed E-state index contributed by atoms with van der Waals surface area (Å²) in [6, 6.07) is 13.1. The standard InChI is InChI=1S/C29H29FN10/c1-18-7-22(9-23-8-19(2)36-37-23)35-29(34-18)20-3-6-28(32-11-20)38-14-25-10-26(15-38)40(25)13-21-4-5-24(12-31-21)39-16-27(30)33-17-39/h3-8,11-12,16-17,25-26H,9-10,13-15H2,1-2H3,(H,36,37). The van der Waals surface area contributed by atoms with Gasteiger partial charge in [0.2, 0.25) is 5.95 Å². The molecule has 3 fully saturated rings. The van der Waals surface area contributed by atoms with E-state index in [1.54, 1.807) is 10.8 Å².